The average Bonchev–Trinajstić information content (AvgIpc) is 3.17. The summed E-state index contributed by atoms with van der Waals surface area (Å²) in [6.07, 6.45) is 0. The number of carbonyl (C=O) groups excluding carboxylic acids is 3. The first kappa shape index (κ1) is 22.6. The van der Waals surface area contributed by atoms with E-state index in [1.54, 1.807) is 72.2 Å². The second-order valence-corrected chi connectivity index (χ2v) is 8.47. The molecular formula is C25H19ClN2O4S. The fourth-order valence-corrected chi connectivity index (χ4v) is 4.71. The minimum absolute atomic E-state index is 0.117. The molecule has 8 heteroatoms. The topological polar surface area (TPSA) is 77.7 Å². The van der Waals surface area contributed by atoms with Crippen molar-refractivity contribution in [3.05, 3.63) is 99.3 Å². The minimum Gasteiger partial charge on any atom is -0.465 e. The molecular weight excluding hydrogens is 460 g/mol. The number of fused-ring (bicyclic) bond motifs is 1. The van der Waals surface area contributed by atoms with Gasteiger partial charge in [-0.25, -0.2) is 0 Å². The van der Waals surface area contributed by atoms with E-state index in [2.05, 4.69) is 4.99 Å². The maximum atomic E-state index is 12.9. The summed E-state index contributed by atoms with van der Waals surface area (Å²) in [4.78, 5) is 42.2. The van der Waals surface area contributed by atoms with Gasteiger partial charge in [-0.05, 0) is 31.2 Å². The van der Waals surface area contributed by atoms with E-state index in [1.807, 2.05) is 12.1 Å². The number of esters is 1. The molecule has 4 aromatic rings. The summed E-state index contributed by atoms with van der Waals surface area (Å²) in [5.41, 5.74) is 1.99. The van der Waals surface area contributed by atoms with E-state index in [-0.39, 0.29) is 18.9 Å². The Morgan fingerprint density at radius 3 is 2.27 bits per heavy atom. The molecule has 166 valence electrons. The van der Waals surface area contributed by atoms with Crippen molar-refractivity contribution in [2.24, 2.45) is 4.99 Å². The Labute approximate surface area is 198 Å². The number of hydrogen-bond donors (Lipinski definition) is 0. The van der Waals surface area contributed by atoms with Gasteiger partial charge in [0.2, 0.25) is 0 Å². The van der Waals surface area contributed by atoms with Crippen LogP contribution in [-0.4, -0.2) is 28.8 Å². The maximum Gasteiger partial charge on any atom is 0.326 e. The minimum atomic E-state index is -0.492. The molecule has 33 heavy (non-hydrogen) atoms. The lowest BCUT2D eigenvalue weighted by Crippen LogP contribution is -2.23. The number of rotatable bonds is 6. The summed E-state index contributed by atoms with van der Waals surface area (Å²) in [7, 11) is 0. The Morgan fingerprint density at radius 1 is 0.909 bits per heavy atom. The van der Waals surface area contributed by atoms with Crippen LogP contribution in [0.5, 0.6) is 0 Å². The molecule has 0 N–H and O–H groups in total. The van der Waals surface area contributed by atoms with Crippen molar-refractivity contribution in [3.63, 3.8) is 0 Å². The van der Waals surface area contributed by atoms with E-state index < -0.39 is 11.9 Å². The molecule has 0 aliphatic carbocycles. The van der Waals surface area contributed by atoms with Gasteiger partial charge in [-0.15, -0.1) is 0 Å². The lowest BCUT2D eigenvalue weighted by atomic mass is 10.0. The fraction of sp³-hybridized carbons (Fsp3) is 0.120. The van der Waals surface area contributed by atoms with Crippen LogP contribution in [0.4, 0.5) is 0 Å². The zero-order valence-electron chi connectivity index (χ0n) is 17.7. The van der Waals surface area contributed by atoms with Gasteiger partial charge in [-0.1, -0.05) is 71.5 Å². The number of thiazole rings is 1. The standard InChI is InChI=1S/C25H19ClN2O4S/c1-2-32-21(29)15-28-22-19(26)9-6-10-20(22)33-25(28)27-24(31)18-13-11-17(12-14-18)23(30)16-7-4-3-5-8-16/h3-14H,2,15H2,1H3. The predicted octanol–water partition coefficient (Wildman–Crippen LogP) is 4.89. The number of ether oxygens (including phenoxy) is 1. The Morgan fingerprint density at radius 2 is 1.58 bits per heavy atom. The highest BCUT2D eigenvalue weighted by molar-refractivity contribution is 7.16. The number of halogens is 1. The van der Waals surface area contributed by atoms with Crippen LogP contribution in [0.15, 0.2) is 77.8 Å². The molecule has 1 amide bonds. The highest BCUT2D eigenvalue weighted by atomic mass is 35.5. The van der Waals surface area contributed by atoms with Crippen LogP contribution < -0.4 is 4.80 Å². The van der Waals surface area contributed by atoms with Gasteiger partial charge in [-0.3, -0.25) is 14.4 Å². The second-order valence-electron chi connectivity index (χ2n) is 7.05. The van der Waals surface area contributed by atoms with Gasteiger partial charge < -0.3 is 9.30 Å². The molecule has 4 rings (SSSR count). The first-order valence-corrected chi connectivity index (χ1v) is 11.4. The third kappa shape index (κ3) is 4.94. The Hall–Kier alpha value is -3.55. The number of aromatic nitrogens is 1. The SMILES string of the molecule is CCOC(=O)Cn1c(=NC(=O)c2ccc(C(=O)c3ccccc3)cc2)sc2cccc(Cl)c21. The van der Waals surface area contributed by atoms with Crippen molar-refractivity contribution in [3.8, 4) is 0 Å². The lowest BCUT2D eigenvalue weighted by Gasteiger charge is -2.06. The van der Waals surface area contributed by atoms with Gasteiger partial charge in [0.25, 0.3) is 5.91 Å². The molecule has 0 aliphatic heterocycles. The van der Waals surface area contributed by atoms with E-state index in [9.17, 15) is 14.4 Å². The quantitative estimate of drug-likeness (QED) is 0.292. The van der Waals surface area contributed by atoms with Gasteiger partial charge in [-0.2, -0.15) is 4.99 Å². The Bertz CT molecular complexity index is 1410. The monoisotopic (exact) mass is 478 g/mol. The van der Waals surface area contributed by atoms with Crippen molar-refractivity contribution in [1.82, 2.24) is 4.57 Å². The number of ketones is 1. The van der Waals surface area contributed by atoms with E-state index in [1.165, 1.54) is 11.3 Å². The average molecular weight is 479 g/mol. The van der Waals surface area contributed by atoms with Crippen molar-refractivity contribution >= 4 is 50.8 Å². The molecule has 0 unspecified atom stereocenters. The molecule has 0 fully saturated rings. The first-order chi connectivity index (χ1) is 16.0. The normalized spacial score (nSPS) is 11.5. The molecule has 1 aromatic heterocycles. The van der Waals surface area contributed by atoms with Crippen molar-refractivity contribution in [1.29, 1.82) is 0 Å². The van der Waals surface area contributed by atoms with Crippen molar-refractivity contribution in [2.75, 3.05) is 6.61 Å². The number of benzene rings is 3. The summed E-state index contributed by atoms with van der Waals surface area (Å²) < 4.78 is 7.45. The molecule has 0 aliphatic rings. The van der Waals surface area contributed by atoms with Gasteiger partial charge in [0.1, 0.15) is 6.54 Å². The zero-order chi connectivity index (χ0) is 23.4. The molecule has 0 bridgehead atoms. The third-order valence-electron chi connectivity index (χ3n) is 4.87. The van der Waals surface area contributed by atoms with Gasteiger partial charge in [0.15, 0.2) is 10.6 Å². The third-order valence-corrected chi connectivity index (χ3v) is 6.22. The largest absolute Gasteiger partial charge is 0.465 e. The predicted molar refractivity (Wildman–Crippen MR) is 128 cm³/mol. The Balaban J connectivity index is 1.68. The molecule has 0 spiro atoms. The van der Waals surface area contributed by atoms with Crippen LogP contribution in [-0.2, 0) is 16.1 Å². The number of para-hydroxylation sites is 1. The van der Waals surface area contributed by atoms with Gasteiger partial charge >= 0.3 is 5.97 Å². The summed E-state index contributed by atoms with van der Waals surface area (Å²) in [6, 6.07) is 20.6. The van der Waals surface area contributed by atoms with E-state index in [0.717, 1.165) is 4.70 Å². The summed E-state index contributed by atoms with van der Waals surface area (Å²) >= 11 is 7.62. The molecule has 6 nitrogen and oxygen atoms in total. The molecule has 1 heterocycles. The molecule has 0 atom stereocenters. The summed E-state index contributed by atoms with van der Waals surface area (Å²) in [5, 5.41) is 0.450. The van der Waals surface area contributed by atoms with Crippen LogP contribution >= 0.6 is 22.9 Å². The Kier molecular flexibility index (Phi) is 6.82. The van der Waals surface area contributed by atoms with E-state index >= 15 is 0 Å². The number of hydrogen-bond acceptors (Lipinski definition) is 5. The van der Waals surface area contributed by atoms with E-state index in [4.69, 9.17) is 16.3 Å². The van der Waals surface area contributed by atoms with Crippen LogP contribution in [0.3, 0.4) is 0 Å². The fourth-order valence-electron chi connectivity index (χ4n) is 3.33. The van der Waals surface area contributed by atoms with Gasteiger partial charge in [0.05, 0.1) is 21.8 Å². The second kappa shape index (κ2) is 9.94. The summed E-state index contributed by atoms with van der Waals surface area (Å²) in [5.74, 6) is -1.07. The highest BCUT2D eigenvalue weighted by Gasteiger charge is 2.15. The molecule has 0 saturated carbocycles. The number of amides is 1. The highest BCUT2D eigenvalue weighted by Crippen LogP contribution is 2.25. The van der Waals surface area contributed by atoms with Crippen LogP contribution in [0.25, 0.3) is 10.2 Å². The van der Waals surface area contributed by atoms with Crippen LogP contribution in [0.1, 0.15) is 33.2 Å². The summed E-state index contributed by atoms with van der Waals surface area (Å²) in [6.45, 7) is 1.85. The zero-order valence-corrected chi connectivity index (χ0v) is 19.2. The first-order valence-electron chi connectivity index (χ1n) is 10.2. The van der Waals surface area contributed by atoms with Crippen molar-refractivity contribution in [2.45, 2.75) is 13.5 Å². The van der Waals surface area contributed by atoms with E-state index in [0.29, 0.717) is 32.0 Å². The smallest absolute Gasteiger partial charge is 0.326 e. The van der Waals surface area contributed by atoms with Crippen LogP contribution in [0.2, 0.25) is 5.02 Å². The lowest BCUT2D eigenvalue weighted by molar-refractivity contribution is -0.143. The maximum absolute atomic E-state index is 12.9. The molecule has 3 aromatic carbocycles. The van der Waals surface area contributed by atoms with Crippen molar-refractivity contribution < 1.29 is 19.1 Å². The molecule has 0 radical (unpaired) electrons. The number of nitrogens with zero attached hydrogens (tertiary/aromatic N) is 2. The van der Waals surface area contributed by atoms with Gasteiger partial charge in [0, 0.05) is 16.7 Å². The molecule has 0 saturated heterocycles. The number of carbonyl (C=O) groups is 3. The van der Waals surface area contributed by atoms with Crippen LogP contribution in [0, 0.1) is 0 Å².